The smallest absolute Gasteiger partial charge is 0.00209 e. The fourth-order valence-corrected chi connectivity index (χ4v) is 1.40. The van der Waals surface area contributed by atoms with Crippen molar-refractivity contribution in [2.45, 2.75) is 20.3 Å². The van der Waals surface area contributed by atoms with Crippen LogP contribution in [0.4, 0.5) is 0 Å². The number of benzene rings is 1. The lowest BCUT2D eigenvalue weighted by molar-refractivity contribution is 0.716. The van der Waals surface area contributed by atoms with E-state index in [1.165, 1.54) is 11.1 Å². The average Bonchev–Trinajstić information content (AvgIpc) is 2.20. The van der Waals surface area contributed by atoms with Crippen LogP contribution < -0.4 is 5.73 Å². The van der Waals surface area contributed by atoms with Gasteiger partial charge in [0.15, 0.2) is 0 Å². The maximum Gasteiger partial charge on any atom is -0.00209 e. The molecule has 0 aliphatic rings. The van der Waals surface area contributed by atoms with Crippen molar-refractivity contribution in [2.24, 2.45) is 11.7 Å². The molecule has 0 fully saturated rings. The molecule has 0 aliphatic carbocycles. The van der Waals surface area contributed by atoms with Crippen molar-refractivity contribution in [3.05, 3.63) is 42.1 Å². The van der Waals surface area contributed by atoms with Crippen molar-refractivity contribution in [2.75, 3.05) is 0 Å². The van der Waals surface area contributed by atoms with Crippen LogP contribution in [0.1, 0.15) is 25.8 Å². The zero-order valence-electron chi connectivity index (χ0n) is 8.33. The predicted octanol–water partition coefficient (Wildman–Crippen LogP) is 3.03. The lowest BCUT2D eigenvalue weighted by Gasteiger charge is -2.13. The number of nitrogens with two attached hydrogens (primary N) is 1. The Morgan fingerprint density at radius 3 is 2.46 bits per heavy atom. The molecule has 0 spiro atoms. The maximum atomic E-state index is 5.62. The quantitative estimate of drug-likeness (QED) is 0.750. The molecule has 0 aromatic heterocycles. The first-order valence-corrected chi connectivity index (χ1v) is 4.76. The first-order valence-electron chi connectivity index (χ1n) is 4.76. The van der Waals surface area contributed by atoms with Crippen LogP contribution in [0.2, 0.25) is 0 Å². The minimum Gasteiger partial charge on any atom is -0.404 e. The number of hydrogen-bond donors (Lipinski definition) is 1. The summed E-state index contributed by atoms with van der Waals surface area (Å²) in [4.78, 5) is 0. The SMILES string of the molecule is CCC(C)/C(=C/N)c1ccccc1. The molecule has 13 heavy (non-hydrogen) atoms. The van der Waals surface area contributed by atoms with E-state index in [0.29, 0.717) is 5.92 Å². The summed E-state index contributed by atoms with van der Waals surface area (Å²) in [5, 5.41) is 0. The normalized spacial score (nSPS) is 14.2. The fraction of sp³-hybridized carbons (Fsp3) is 0.333. The van der Waals surface area contributed by atoms with Crippen LogP contribution in [0.15, 0.2) is 36.5 Å². The van der Waals surface area contributed by atoms with Crippen LogP contribution in [0.3, 0.4) is 0 Å². The summed E-state index contributed by atoms with van der Waals surface area (Å²) in [6.07, 6.45) is 2.85. The summed E-state index contributed by atoms with van der Waals surface area (Å²) in [7, 11) is 0. The Bertz CT molecular complexity index is 274. The number of hydrogen-bond acceptors (Lipinski definition) is 1. The van der Waals surface area contributed by atoms with Crippen LogP contribution in [0, 0.1) is 5.92 Å². The lowest BCUT2D eigenvalue weighted by atomic mass is 9.93. The second kappa shape index (κ2) is 4.70. The van der Waals surface area contributed by atoms with E-state index in [4.69, 9.17) is 5.73 Å². The summed E-state index contributed by atoms with van der Waals surface area (Å²) in [6, 6.07) is 10.3. The van der Waals surface area contributed by atoms with Gasteiger partial charge in [-0.1, -0.05) is 44.2 Å². The molecule has 0 amide bonds. The molecule has 1 unspecified atom stereocenters. The van der Waals surface area contributed by atoms with Crippen LogP contribution in [-0.4, -0.2) is 0 Å². The van der Waals surface area contributed by atoms with Crippen molar-refractivity contribution in [1.29, 1.82) is 0 Å². The summed E-state index contributed by atoms with van der Waals surface area (Å²) >= 11 is 0. The molecule has 0 heterocycles. The van der Waals surface area contributed by atoms with E-state index in [0.717, 1.165) is 6.42 Å². The molecule has 0 bridgehead atoms. The Labute approximate surface area is 80.3 Å². The van der Waals surface area contributed by atoms with E-state index in [9.17, 15) is 0 Å². The highest BCUT2D eigenvalue weighted by molar-refractivity contribution is 5.66. The van der Waals surface area contributed by atoms with Crippen molar-refractivity contribution in [1.82, 2.24) is 0 Å². The molecule has 0 saturated carbocycles. The highest BCUT2D eigenvalue weighted by atomic mass is 14.5. The zero-order chi connectivity index (χ0) is 9.68. The molecule has 1 rings (SSSR count). The van der Waals surface area contributed by atoms with Crippen LogP contribution in [0.25, 0.3) is 5.57 Å². The van der Waals surface area contributed by atoms with Gasteiger partial charge in [0.2, 0.25) is 0 Å². The molecular formula is C12H17N. The van der Waals surface area contributed by atoms with Crippen molar-refractivity contribution < 1.29 is 0 Å². The molecule has 2 N–H and O–H groups in total. The van der Waals surface area contributed by atoms with E-state index >= 15 is 0 Å². The zero-order valence-corrected chi connectivity index (χ0v) is 8.33. The molecule has 1 aromatic carbocycles. The summed E-state index contributed by atoms with van der Waals surface area (Å²) in [6.45, 7) is 4.38. The standard InChI is InChI=1S/C12H17N/c1-3-10(2)12(9-13)11-7-5-4-6-8-11/h4-10H,3,13H2,1-2H3/b12-9-. The monoisotopic (exact) mass is 175 g/mol. The van der Waals surface area contributed by atoms with E-state index in [1.54, 1.807) is 6.20 Å². The first kappa shape index (κ1) is 9.85. The Morgan fingerprint density at radius 1 is 1.38 bits per heavy atom. The van der Waals surface area contributed by atoms with E-state index in [1.807, 2.05) is 18.2 Å². The van der Waals surface area contributed by atoms with Gasteiger partial charge in [-0.3, -0.25) is 0 Å². The molecule has 0 saturated heterocycles. The van der Waals surface area contributed by atoms with Crippen molar-refractivity contribution in [3.8, 4) is 0 Å². The summed E-state index contributed by atoms with van der Waals surface area (Å²) in [5.74, 6) is 0.535. The van der Waals surface area contributed by atoms with Gasteiger partial charge in [-0.15, -0.1) is 0 Å². The third-order valence-electron chi connectivity index (χ3n) is 2.43. The summed E-state index contributed by atoms with van der Waals surface area (Å²) in [5.41, 5.74) is 8.09. The van der Waals surface area contributed by atoms with Crippen LogP contribution in [0.5, 0.6) is 0 Å². The lowest BCUT2D eigenvalue weighted by Crippen LogP contribution is -1.99. The second-order valence-electron chi connectivity index (χ2n) is 3.30. The third-order valence-corrected chi connectivity index (χ3v) is 2.43. The number of allylic oxidation sites excluding steroid dienone is 1. The molecule has 0 aliphatic heterocycles. The summed E-state index contributed by atoms with van der Waals surface area (Å²) < 4.78 is 0. The molecule has 1 atom stereocenters. The predicted molar refractivity (Wildman–Crippen MR) is 58.1 cm³/mol. The van der Waals surface area contributed by atoms with Gasteiger partial charge in [0.05, 0.1) is 0 Å². The molecule has 70 valence electrons. The minimum absolute atomic E-state index is 0.535. The minimum atomic E-state index is 0.535. The Balaban J connectivity index is 2.93. The van der Waals surface area contributed by atoms with Gasteiger partial charge >= 0.3 is 0 Å². The molecule has 1 nitrogen and oxygen atoms in total. The van der Waals surface area contributed by atoms with Gasteiger partial charge < -0.3 is 5.73 Å². The largest absolute Gasteiger partial charge is 0.404 e. The number of rotatable bonds is 3. The molecular weight excluding hydrogens is 158 g/mol. The van der Waals surface area contributed by atoms with E-state index in [2.05, 4.69) is 26.0 Å². The van der Waals surface area contributed by atoms with E-state index in [-0.39, 0.29) is 0 Å². The van der Waals surface area contributed by atoms with E-state index < -0.39 is 0 Å². The van der Waals surface area contributed by atoms with Gasteiger partial charge in [0.1, 0.15) is 0 Å². The van der Waals surface area contributed by atoms with Gasteiger partial charge in [-0.05, 0) is 29.7 Å². The molecule has 0 radical (unpaired) electrons. The van der Waals surface area contributed by atoms with Crippen molar-refractivity contribution >= 4 is 5.57 Å². The van der Waals surface area contributed by atoms with Crippen LogP contribution in [-0.2, 0) is 0 Å². The molecule has 1 heteroatoms. The topological polar surface area (TPSA) is 26.0 Å². The van der Waals surface area contributed by atoms with Gasteiger partial charge in [-0.25, -0.2) is 0 Å². The Kier molecular flexibility index (Phi) is 3.56. The third kappa shape index (κ3) is 2.35. The van der Waals surface area contributed by atoms with Gasteiger partial charge in [-0.2, -0.15) is 0 Å². The maximum absolute atomic E-state index is 5.62. The fourth-order valence-electron chi connectivity index (χ4n) is 1.40. The van der Waals surface area contributed by atoms with Crippen LogP contribution >= 0.6 is 0 Å². The Hall–Kier alpha value is -1.24. The average molecular weight is 175 g/mol. The first-order chi connectivity index (χ1) is 6.29. The van der Waals surface area contributed by atoms with Gasteiger partial charge in [0.25, 0.3) is 0 Å². The highest BCUT2D eigenvalue weighted by Crippen LogP contribution is 2.24. The molecule has 1 aromatic rings. The Morgan fingerprint density at radius 2 is 2.00 bits per heavy atom. The highest BCUT2D eigenvalue weighted by Gasteiger charge is 2.07. The van der Waals surface area contributed by atoms with Gasteiger partial charge in [0, 0.05) is 0 Å². The second-order valence-corrected chi connectivity index (χ2v) is 3.30. The van der Waals surface area contributed by atoms with Crippen molar-refractivity contribution in [3.63, 3.8) is 0 Å².